The maximum atomic E-state index is 13.9. The van der Waals surface area contributed by atoms with Gasteiger partial charge in [-0.05, 0) is 69.2 Å². The third-order valence-corrected chi connectivity index (χ3v) is 7.96. The van der Waals surface area contributed by atoms with Crippen molar-refractivity contribution < 1.29 is 22.7 Å². The summed E-state index contributed by atoms with van der Waals surface area (Å²) in [6.45, 7) is 3.36. The highest BCUT2D eigenvalue weighted by Crippen LogP contribution is 2.41. The summed E-state index contributed by atoms with van der Waals surface area (Å²) < 4.78 is 41.4. The second kappa shape index (κ2) is 7.83. The molecular formula is C20H27FN2O4S. The predicted molar refractivity (Wildman–Crippen MR) is 106 cm³/mol. The van der Waals surface area contributed by atoms with Gasteiger partial charge in [0.15, 0.2) is 0 Å². The van der Waals surface area contributed by atoms with Gasteiger partial charge in [0.2, 0.25) is 10.0 Å². The van der Waals surface area contributed by atoms with Crippen molar-refractivity contribution in [3.8, 4) is 0 Å². The van der Waals surface area contributed by atoms with Crippen LogP contribution in [0, 0.1) is 12.7 Å². The molecule has 1 aliphatic carbocycles. The fourth-order valence-corrected chi connectivity index (χ4v) is 5.57. The Labute approximate surface area is 165 Å². The number of benzene rings is 1. The van der Waals surface area contributed by atoms with Crippen molar-refractivity contribution >= 4 is 26.9 Å². The summed E-state index contributed by atoms with van der Waals surface area (Å²) in [7, 11) is -1.58. The normalized spacial score (nSPS) is 20.8. The molecular weight excluding hydrogens is 383 g/mol. The summed E-state index contributed by atoms with van der Waals surface area (Å²) in [5.74, 6) is -1.03. The molecule has 1 saturated carbocycles. The maximum absolute atomic E-state index is 13.9. The van der Waals surface area contributed by atoms with Crippen LogP contribution in [0.1, 0.15) is 49.8 Å². The summed E-state index contributed by atoms with van der Waals surface area (Å²) in [5, 5.41) is 10.0. The average Bonchev–Trinajstić information content (AvgIpc) is 2.91. The SMILES string of the molecule is CCS(=O)(=O)N(C)C1CCC(c2c(C)n(CC(=O)O)c3ccc(F)cc23)CC1. The van der Waals surface area contributed by atoms with Gasteiger partial charge >= 0.3 is 5.97 Å². The molecule has 1 N–H and O–H groups in total. The van der Waals surface area contributed by atoms with Gasteiger partial charge in [0, 0.05) is 29.7 Å². The van der Waals surface area contributed by atoms with Gasteiger partial charge in [-0.15, -0.1) is 0 Å². The zero-order valence-electron chi connectivity index (χ0n) is 16.5. The first-order valence-electron chi connectivity index (χ1n) is 9.61. The fraction of sp³-hybridized carbons (Fsp3) is 0.550. The molecule has 28 heavy (non-hydrogen) atoms. The van der Waals surface area contributed by atoms with Gasteiger partial charge in [-0.25, -0.2) is 17.1 Å². The van der Waals surface area contributed by atoms with Gasteiger partial charge in [-0.2, -0.15) is 0 Å². The molecule has 1 fully saturated rings. The molecule has 1 aromatic heterocycles. The van der Waals surface area contributed by atoms with E-state index >= 15 is 0 Å². The van der Waals surface area contributed by atoms with E-state index < -0.39 is 16.0 Å². The monoisotopic (exact) mass is 410 g/mol. The Morgan fingerprint density at radius 3 is 2.50 bits per heavy atom. The van der Waals surface area contributed by atoms with Crippen LogP contribution < -0.4 is 0 Å². The average molecular weight is 411 g/mol. The predicted octanol–water partition coefficient (Wildman–Crippen LogP) is 3.48. The van der Waals surface area contributed by atoms with E-state index in [4.69, 9.17) is 0 Å². The van der Waals surface area contributed by atoms with Crippen LogP contribution in [0.4, 0.5) is 4.39 Å². The molecule has 8 heteroatoms. The van der Waals surface area contributed by atoms with Crippen LogP contribution in [0.25, 0.3) is 10.9 Å². The number of hydrogen-bond donors (Lipinski definition) is 1. The summed E-state index contributed by atoms with van der Waals surface area (Å²) >= 11 is 0. The van der Waals surface area contributed by atoms with Gasteiger partial charge in [0.25, 0.3) is 0 Å². The molecule has 2 aromatic rings. The van der Waals surface area contributed by atoms with Crippen LogP contribution in [-0.4, -0.2) is 47.2 Å². The van der Waals surface area contributed by atoms with E-state index in [0.29, 0.717) is 0 Å². The van der Waals surface area contributed by atoms with Gasteiger partial charge in [0.05, 0.1) is 5.75 Å². The largest absolute Gasteiger partial charge is 0.480 e. The summed E-state index contributed by atoms with van der Waals surface area (Å²) in [6.07, 6.45) is 3.05. The molecule has 0 amide bonds. The number of nitrogens with zero attached hydrogens (tertiary/aromatic N) is 2. The van der Waals surface area contributed by atoms with Gasteiger partial charge < -0.3 is 9.67 Å². The lowest BCUT2D eigenvalue weighted by Gasteiger charge is -2.34. The Balaban J connectivity index is 1.92. The Hall–Kier alpha value is -1.93. The Bertz CT molecular complexity index is 991. The Kier molecular flexibility index (Phi) is 5.82. The number of aromatic nitrogens is 1. The van der Waals surface area contributed by atoms with E-state index in [-0.39, 0.29) is 30.1 Å². The van der Waals surface area contributed by atoms with Gasteiger partial charge in [-0.3, -0.25) is 4.79 Å². The highest BCUT2D eigenvalue weighted by molar-refractivity contribution is 7.89. The lowest BCUT2D eigenvalue weighted by Crippen LogP contribution is -2.40. The van der Waals surface area contributed by atoms with E-state index in [9.17, 15) is 22.7 Å². The Morgan fingerprint density at radius 2 is 1.93 bits per heavy atom. The zero-order valence-corrected chi connectivity index (χ0v) is 17.3. The number of sulfonamides is 1. The third-order valence-electron chi connectivity index (χ3n) is 6.05. The highest BCUT2D eigenvalue weighted by Gasteiger charge is 2.32. The number of rotatable bonds is 6. The highest BCUT2D eigenvalue weighted by atomic mass is 32.2. The molecule has 1 aliphatic rings. The first-order valence-corrected chi connectivity index (χ1v) is 11.2. The first-order chi connectivity index (χ1) is 13.2. The quantitative estimate of drug-likeness (QED) is 0.791. The fourth-order valence-electron chi connectivity index (χ4n) is 4.49. The van der Waals surface area contributed by atoms with E-state index in [2.05, 4.69) is 0 Å². The lowest BCUT2D eigenvalue weighted by atomic mass is 9.80. The van der Waals surface area contributed by atoms with Crippen molar-refractivity contribution in [1.29, 1.82) is 0 Å². The van der Waals surface area contributed by atoms with Crippen molar-refractivity contribution in [2.45, 2.75) is 58.0 Å². The number of fused-ring (bicyclic) bond motifs is 1. The van der Waals surface area contributed by atoms with E-state index in [1.165, 1.54) is 16.4 Å². The molecule has 154 valence electrons. The van der Waals surface area contributed by atoms with Gasteiger partial charge in [0.1, 0.15) is 12.4 Å². The van der Waals surface area contributed by atoms with Crippen LogP contribution in [0.2, 0.25) is 0 Å². The van der Waals surface area contributed by atoms with Crippen LogP contribution in [0.5, 0.6) is 0 Å². The smallest absolute Gasteiger partial charge is 0.323 e. The van der Waals surface area contributed by atoms with Crippen molar-refractivity contribution in [2.24, 2.45) is 0 Å². The zero-order chi connectivity index (χ0) is 20.6. The molecule has 0 bridgehead atoms. The van der Waals surface area contributed by atoms with Crippen molar-refractivity contribution in [2.75, 3.05) is 12.8 Å². The molecule has 6 nitrogen and oxygen atoms in total. The van der Waals surface area contributed by atoms with Crippen molar-refractivity contribution in [3.05, 3.63) is 35.3 Å². The maximum Gasteiger partial charge on any atom is 0.323 e. The molecule has 3 rings (SSSR count). The second-order valence-electron chi connectivity index (χ2n) is 7.56. The molecule has 0 aliphatic heterocycles. The number of carboxylic acids is 1. The first kappa shape index (κ1) is 20.8. The van der Waals surface area contributed by atoms with Crippen molar-refractivity contribution in [1.82, 2.24) is 8.87 Å². The molecule has 0 atom stereocenters. The molecule has 0 radical (unpaired) electrons. The number of carbonyl (C=O) groups is 1. The van der Waals surface area contributed by atoms with E-state index in [1.807, 2.05) is 6.92 Å². The minimum absolute atomic E-state index is 0.0226. The minimum Gasteiger partial charge on any atom is -0.480 e. The summed E-state index contributed by atoms with van der Waals surface area (Å²) in [5.41, 5.74) is 2.57. The standard InChI is InChI=1S/C20H27FN2O4S/c1-4-28(26,27)22(3)16-8-5-14(6-9-16)20-13(2)23(12-19(24)25)18-10-7-15(21)11-17(18)20/h7,10-11,14,16H,4-6,8-9,12H2,1-3H3,(H,24,25). The van der Waals surface area contributed by atoms with Crippen LogP contribution in [0.3, 0.4) is 0 Å². The lowest BCUT2D eigenvalue weighted by molar-refractivity contribution is -0.137. The van der Waals surface area contributed by atoms with Crippen LogP contribution >= 0.6 is 0 Å². The molecule has 0 unspecified atom stereocenters. The van der Waals surface area contributed by atoms with Crippen LogP contribution in [-0.2, 0) is 21.4 Å². The number of halogens is 1. The van der Waals surface area contributed by atoms with E-state index in [1.54, 1.807) is 24.6 Å². The number of hydrogen-bond acceptors (Lipinski definition) is 3. The van der Waals surface area contributed by atoms with Crippen molar-refractivity contribution in [3.63, 3.8) is 0 Å². The number of aliphatic carboxylic acids is 1. The summed E-state index contributed by atoms with van der Waals surface area (Å²) in [6, 6.07) is 4.45. The second-order valence-corrected chi connectivity index (χ2v) is 9.88. The molecule has 0 saturated heterocycles. The summed E-state index contributed by atoms with van der Waals surface area (Å²) in [4.78, 5) is 11.3. The molecule has 1 aromatic carbocycles. The number of carboxylic acid groups (broad SMARTS) is 1. The minimum atomic E-state index is -3.22. The Morgan fingerprint density at radius 1 is 1.29 bits per heavy atom. The van der Waals surface area contributed by atoms with Gasteiger partial charge in [-0.1, -0.05) is 0 Å². The molecule has 0 spiro atoms. The molecule has 1 heterocycles. The topological polar surface area (TPSA) is 79.6 Å². The van der Waals surface area contributed by atoms with Crippen LogP contribution in [0.15, 0.2) is 18.2 Å². The van der Waals surface area contributed by atoms with E-state index in [0.717, 1.165) is 47.8 Å². The third kappa shape index (κ3) is 3.80.